The molecule has 1 unspecified atom stereocenters. The van der Waals surface area contributed by atoms with E-state index in [0.717, 1.165) is 23.2 Å². The Kier molecular flexibility index (Phi) is 4.65. The number of nitrogens with zero attached hydrogens (tertiary/aromatic N) is 4. The monoisotopic (exact) mass is 321 g/mol. The van der Waals surface area contributed by atoms with Gasteiger partial charge in [-0.2, -0.15) is 5.10 Å². The van der Waals surface area contributed by atoms with Crippen molar-refractivity contribution in [2.45, 2.75) is 26.3 Å². The third-order valence-electron chi connectivity index (χ3n) is 3.93. The number of aryl methyl sites for hydroxylation is 1. The maximum absolute atomic E-state index is 12.6. The van der Waals surface area contributed by atoms with Crippen molar-refractivity contribution in [2.75, 3.05) is 0 Å². The highest BCUT2D eigenvalue weighted by atomic mass is 16.1. The fraction of sp³-hybridized carbons (Fsp3) is 0.222. The number of carbonyl (C=O) groups is 1. The average molecular weight is 321 g/mol. The summed E-state index contributed by atoms with van der Waals surface area (Å²) in [5.74, 6) is -0.0899. The van der Waals surface area contributed by atoms with Crippen LogP contribution in [0.25, 0.3) is 5.69 Å². The molecule has 0 saturated heterocycles. The van der Waals surface area contributed by atoms with Crippen molar-refractivity contribution >= 4 is 5.91 Å². The molecule has 0 aliphatic heterocycles. The Hall–Kier alpha value is -3.02. The van der Waals surface area contributed by atoms with Crippen LogP contribution in [0.2, 0.25) is 0 Å². The van der Waals surface area contributed by atoms with Crippen molar-refractivity contribution in [3.05, 3.63) is 72.1 Å². The lowest BCUT2D eigenvalue weighted by atomic mass is 10.0. The largest absolute Gasteiger partial charge is 0.346 e. The zero-order valence-electron chi connectivity index (χ0n) is 13.7. The number of aromatic nitrogens is 4. The number of carbonyl (C=O) groups excluding carboxylic acids is 1. The van der Waals surface area contributed by atoms with Crippen molar-refractivity contribution in [3.8, 4) is 5.69 Å². The lowest BCUT2D eigenvalue weighted by molar-refractivity contribution is 0.0939. The van der Waals surface area contributed by atoms with E-state index in [-0.39, 0.29) is 11.9 Å². The highest BCUT2D eigenvalue weighted by Gasteiger charge is 2.14. The van der Waals surface area contributed by atoms with Crippen molar-refractivity contribution in [1.82, 2.24) is 25.1 Å². The normalized spacial score (nSPS) is 11.9. The summed E-state index contributed by atoms with van der Waals surface area (Å²) in [5.41, 5.74) is 3.53. The molecule has 0 bridgehead atoms. The smallest absolute Gasteiger partial charge is 0.252 e. The second kappa shape index (κ2) is 7.04. The molecule has 24 heavy (non-hydrogen) atoms. The first-order valence-corrected chi connectivity index (χ1v) is 7.87. The number of nitrogens with one attached hydrogen (secondary N) is 1. The molecule has 0 radical (unpaired) electrons. The molecule has 6 nitrogen and oxygen atoms in total. The number of amides is 1. The second-order valence-corrected chi connectivity index (χ2v) is 5.52. The van der Waals surface area contributed by atoms with E-state index in [9.17, 15) is 4.79 Å². The molecule has 3 rings (SSSR count). The molecule has 6 heteroatoms. The topological polar surface area (TPSA) is 72.7 Å². The molecule has 3 aromatic rings. The zero-order valence-corrected chi connectivity index (χ0v) is 13.7. The summed E-state index contributed by atoms with van der Waals surface area (Å²) in [6.07, 6.45) is 7.29. The second-order valence-electron chi connectivity index (χ2n) is 5.52. The SMILES string of the molecule is CCc1cnccc1C(=O)NC(C)c1cccc(-n2cncn2)c1. The molecule has 2 heterocycles. The summed E-state index contributed by atoms with van der Waals surface area (Å²) in [7, 11) is 0. The van der Waals surface area contributed by atoms with Gasteiger partial charge in [0.1, 0.15) is 12.7 Å². The van der Waals surface area contributed by atoms with Gasteiger partial charge in [-0.25, -0.2) is 9.67 Å². The number of rotatable bonds is 5. The van der Waals surface area contributed by atoms with E-state index in [1.165, 1.54) is 6.33 Å². The average Bonchev–Trinajstić information content (AvgIpc) is 3.16. The van der Waals surface area contributed by atoms with Gasteiger partial charge in [-0.1, -0.05) is 19.1 Å². The zero-order chi connectivity index (χ0) is 16.9. The lowest BCUT2D eigenvalue weighted by Crippen LogP contribution is -2.27. The summed E-state index contributed by atoms with van der Waals surface area (Å²) in [4.78, 5) is 20.6. The lowest BCUT2D eigenvalue weighted by Gasteiger charge is -2.16. The van der Waals surface area contributed by atoms with E-state index in [4.69, 9.17) is 0 Å². The van der Waals surface area contributed by atoms with Gasteiger partial charge in [-0.15, -0.1) is 0 Å². The number of pyridine rings is 1. The molecule has 1 N–H and O–H groups in total. The van der Waals surface area contributed by atoms with Gasteiger partial charge in [0.05, 0.1) is 11.7 Å². The Labute approximate surface area is 140 Å². The fourth-order valence-corrected chi connectivity index (χ4v) is 2.57. The minimum absolute atomic E-state index is 0.0899. The molecule has 0 aliphatic rings. The minimum Gasteiger partial charge on any atom is -0.346 e. The molecule has 0 saturated carbocycles. The van der Waals surface area contributed by atoms with Crippen LogP contribution in [0.1, 0.15) is 41.4 Å². The molecular weight excluding hydrogens is 302 g/mol. The Morgan fingerprint density at radius 2 is 2.17 bits per heavy atom. The van der Waals surface area contributed by atoms with Gasteiger partial charge < -0.3 is 5.32 Å². The Bertz CT molecular complexity index is 829. The van der Waals surface area contributed by atoms with Crippen LogP contribution >= 0.6 is 0 Å². The van der Waals surface area contributed by atoms with Crippen LogP contribution in [0, 0.1) is 0 Å². The van der Waals surface area contributed by atoms with Crippen molar-refractivity contribution in [3.63, 3.8) is 0 Å². The van der Waals surface area contributed by atoms with E-state index in [0.29, 0.717) is 5.56 Å². The first-order valence-electron chi connectivity index (χ1n) is 7.87. The predicted octanol–water partition coefficient (Wildman–Crippen LogP) is 2.72. The minimum atomic E-state index is -0.126. The summed E-state index contributed by atoms with van der Waals surface area (Å²) in [6.45, 7) is 3.98. The van der Waals surface area contributed by atoms with E-state index in [1.54, 1.807) is 29.5 Å². The van der Waals surface area contributed by atoms with Gasteiger partial charge in [-0.3, -0.25) is 9.78 Å². The molecule has 1 aromatic carbocycles. The van der Waals surface area contributed by atoms with Crippen molar-refractivity contribution in [1.29, 1.82) is 0 Å². The fourth-order valence-electron chi connectivity index (χ4n) is 2.57. The number of hydrogen-bond donors (Lipinski definition) is 1. The first kappa shape index (κ1) is 15.9. The number of benzene rings is 1. The van der Waals surface area contributed by atoms with Crippen molar-refractivity contribution in [2.24, 2.45) is 0 Å². The Morgan fingerprint density at radius 1 is 1.29 bits per heavy atom. The van der Waals surface area contributed by atoms with E-state index >= 15 is 0 Å². The summed E-state index contributed by atoms with van der Waals surface area (Å²) >= 11 is 0. The Balaban J connectivity index is 1.79. The quantitative estimate of drug-likeness (QED) is 0.784. The Morgan fingerprint density at radius 3 is 2.92 bits per heavy atom. The molecule has 1 atom stereocenters. The van der Waals surface area contributed by atoms with Gasteiger partial charge >= 0.3 is 0 Å². The van der Waals surface area contributed by atoms with Gasteiger partial charge in [0.2, 0.25) is 0 Å². The van der Waals surface area contributed by atoms with Crippen LogP contribution in [0.15, 0.2) is 55.4 Å². The van der Waals surface area contributed by atoms with Crippen molar-refractivity contribution < 1.29 is 4.79 Å². The molecule has 1 amide bonds. The summed E-state index contributed by atoms with van der Waals surface area (Å²) in [6, 6.07) is 9.50. The van der Waals surface area contributed by atoms with Crippen LogP contribution in [-0.2, 0) is 6.42 Å². The molecule has 0 aliphatic carbocycles. The predicted molar refractivity (Wildman–Crippen MR) is 90.9 cm³/mol. The van der Waals surface area contributed by atoms with Gasteiger partial charge in [0.25, 0.3) is 5.91 Å². The standard InChI is InChI=1S/C18H19N5O/c1-3-14-10-19-8-7-17(14)18(24)22-13(2)15-5-4-6-16(9-15)23-12-20-11-21-23/h4-13H,3H2,1-2H3,(H,22,24). The highest BCUT2D eigenvalue weighted by Crippen LogP contribution is 2.17. The molecule has 0 fully saturated rings. The molecular formula is C18H19N5O. The van der Waals surface area contributed by atoms with Gasteiger partial charge in [-0.05, 0) is 42.7 Å². The van der Waals surface area contributed by atoms with Crippen LogP contribution < -0.4 is 5.32 Å². The molecule has 0 spiro atoms. The van der Waals surface area contributed by atoms with E-state index in [2.05, 4.69) is 20.4 Å². The van der Waals surface area contributed by atoms with Crippen LogP contribution in [0.4, 0.5) is 0 Å². The van der Waals surface area contributed by atoms with Gasteiger partial charge in [0, 0.05) is 18.0 Å². The highest BCUT2D eigenvalue weighted by molar-refractivity contribution is 5.95. The third kappa shape index (κ3) is 3.32. The molecule has 122 valence electrons. The maximum atomic E-state index is 12.6. The van der Waals surface area contributed by atoms with Gasteiger partial charge in [0.15, 0.2) is 0 Å². The maximum Gasteiger partial charge on any atom is 0.252 e. The summed E-state index contributed by atoms with van der Waals surface area (Å²) in [5, 5.41) is 7.18. The first-order chi connectivity index (χ1) is 11.7. The number of hydrogen-bond acceptors (Lipinski definition) is 4. The molecule has 2 aromatic heterocycles. The van der Waals surface area contributed by atoms with Crippen LogP contribution in [0.5, 0.6) is 0 Å². The summed E-state index contributed by atoms with van der Waals surface area (Å²) < 4.78 is 1.69. The van der Waals surface area contributed by atoms with E-state index < -0.39 is 0 Å². The third-order valence-corrected chi connectivity index (χ3v) is 3.93. The van der Waals surface area contributed by atoms with Crippen LogP contribution in [-0.4, -0.2) is 25.7 Å². The van der Waals surface area contributed by atoms with E-state index in [1.807, 2.05) is 38.1 Å². The van der Waals surface area contributed by atoms with Crippen LogP contribution in [0.3, 0.4) is 0 Å².